The van der Waals surface area contributed by atoms with Gasteiger partial charge in [-0.3, -0.25) is 9.78 Å². The van der Waals surface area contributed by atoms with Crippen LogP contribution in [0.15, 0.2) is 66.3 Å². The number of nitrogens with zero attached hydrogens (tertiary/aromatic N) is 1. The molecule has 11 heteroatoms. The van der Waals surface area contributed by atoms with Crippen molar-refractivity contribution in [3.63, 3.8) is 0 Å². The predicted molar refractivity (Wildman–Crippen MR) is 120 cm³/mol. The molecule has 0 radical (unpaired) electrons. The molecule has 4 rings (SSSR count). The van der Waals surface area contributed by atoms with Crippen LogP contribution in [0.5, 0.6) is 5.75 Å². The van der Waals surface area contributed by atoms with Gasteiger partial charge >= 0.3 is 6.03 Å². The Bertz CT molecular complexity index is 1280. The Hall–Kier alpha value is -4.28. The summed E-state index contributed by atoms with van der Waals surface area (Å²) in [6.45, 7) is 5.72. The van der Waals surface area contributed by atoms with E-state index in [-0.39, 0.29) is 23.6 Å². The van der Waals surface area contributed by atoms with Crippen LogP contribution in [-0.4, -0.2) is 36.1 Å². The van der Waals surface area contributed by atoms with Gasteiger partial charge in [-0.25, -0.2) is 18.0 Å². The molecule has 2 heterocycles. The molecular weight excluding hydrogens is 465 g/mol. The molecule has 35 heavy (non-hydrogen) atoms. The number of halogens is 3. The number of carbonyl (C=O) groups excluding carboxylic acids is 2. The number of amides is 3. The maximum Gasteiger partial charge on any atom is 0.319 e. The fraction of sp³-hybridized carbons (Fsp3) is 0.208. The minimum Gasteiger partial charge on any atom is -0.487 e. The Labute approximate surface area is 198 Å². The first-order chi connectivity index (χ1) is 16.7. The molecule has 2 aliphatic rings. The summed E-state index contributed by atoms with van der Waals surface area (Å²) in [7, 11) is 1.51. The molecular formula is C24H21F3N4O4. The van der Waals surface area contributed by atoms with Gasteiger partial charge in [0.05, 0.1) is 17.6 Å². The Morgan fingerprint density at radius 2 is 1.91 bits per heavy atom. The third-order valence-corrected chi connectivity index (χ3v) is 5.43. The van der Waals surface area contributed by atoms with E-state index in [0.717, 1.165) is 0 Å². The minimum atomic E-state index is -1.35. The van der Waals surface area contributed by atoms with Crippen molar-refractivity contribution in [1.29, 1.82) is 0 Å². The van der Waals surface area contributed by atoms with Gasteiger partial charge in [-0.15, -0.1) is 0 Å². The van der Waals surface area contributed by atoms with Gasteiger partial charge in [0.1, 0.15) is 34.9 Å². The summed E-state index contributed by atoms with van der Waals surface area (Å²) in [6, 6.07) is 2.87. The number of carbonyl (C=O) groups is 2. The number of aromatic nitrogens is 1. The van der Waals surface area contributed by atoms with E-state index in [1.807, 2.05) is 0 Å². The Morgan fingerprint density at radius 1 is 1.17 bits per heavy atom. The molecule has 2 fully saturated rings. The number of rotatable bonds is 6. The zero-order chi connectivity index (χ0) is 25.3. The second-order valence-electron chi connectivity index (χ2n) is 7.87. The first kappa shape index (κ1) is 23.9. The van der Waals surface area contributed by atoms with Crippen LogP contribution in [-0.2, 0) is 4.74 Å². The monoisotopic (exact) mass is 486 g/mol. The van der Waals surface area contributed by atoms with Crippen LogP contribution < -0.4 is 20.7 Å². The third-order valence-electron chi connectivity index (χ3n) is 5.43. The highest BCUT2D eigenvalue weighted by molar-refractivity contribution is 5.92. The molecule has 0 bridgehead atoms. The van der Waals surface area contributed by atoms with Crippen LogP contribution in [0.4, 0.5) is 23.7 Å². The quantitative estimate of drug-likeness (QED) is 0.426. The highest BCUT2D eigenvalue weighted by atomic mass is 19.2. The normalized spacial score (nSPS) is 21.7. The number of pyridine rings is 1. The molecule has 1 aliphatic heterocycles. The van der Waals surface area contributed by atoms with Gasteiger partial charge in [-0.05, 0) is 30.7 Å². The molecule has 3 N–H and O–H groups in total. The van der Waals surface area contributed by atoms with Gasteiger partial charge in [0.15, 0.2) is 11.6 Å². The van der Waals surface area contributed by atoms with E-state index < -0.39 is 35.2 Å². The van der Waals surface area contributed by atoms with Gasteiger partial charge in [0.25, 0.3) is 5.91 Å². The SMILES string of the molecule is C=C1/C(=C\C=C(/C)Oc2ccnc(C(=O)NC)c2)O[C@@H]2[C@@H](NC(=O)Nc3cc(F)c(F)cc3F)[C@H]12. The summed E-state index contributed by atoms with van der Waals surface area (Å²) in [5.41, 5.74) is 0.401. The zero-order valence-corrected chi connectivity index (χ0v) is 18.7. The minimum absolute atomic E-state index is 0.174. The maximum absolute atomic E-state index is 13.7. The second kappa shape index (κ2) is 9.53. The Balaban J connectivity index is 1.31. The number of nitrogens with one attached hydrogen (secondary N) is 3. The van der Waals surface area contributed by atoms with Gasteiger partial charge in [0, 0.05) is 31.4 Å². The predicted octanol–water partition coefficient (Wildman–Crippen LogP) is 3.80. The number of urea groups is 1. The smallest absolute Gasteiger partial charge is 0.319 e. The summed E-state index contributed by atoms with van der Waals surface area (Å²) in [5, 5.41) is 7.25. The number of allylic oxidation sites excluding steroid dienone is 4. The molecule has 0 spiro atoms. The number of hydrogen-bond acceptors (Lipinski definition) is 5. The zero-order valence-electron chi connectivity index (χ0n) is 18.7. The molecule has 1 saturated heterocycles. The lowest BCUT2D eigenvalue weighted by atomic mass is 10.1. The van der Waals surface area contributed by atoms with Crippen molar-refractivity contribution >= 4 is 17.6 Å². The fourth-order valence-electron chi connectivity index (χ4n) is 3.62. The van der Waals surface area contributed by atoms with Gasteiger partial charge < -0.3 is 25.4 Å². The van der Waals surface area contributed by atoms with Crippen molar-refractivity contribution < 1.29 is 32.2 Å². The molecule has 2 aromatic rings. The molecule has 182 valence electrons. The number of hydrogen-bond donors (Lipinski definition) is 3. The van der Waals surface area contributed by atoms with E-state index in [4.69, 9.17) is 9.47 Å². The summed E-state index contributed by atoms with van der Waals surface area (Å²) < 4.78 is 51.6. The highest BCUT2D eigenvalue weighted by Crippen LogP contribution is 2.50. The van der Waals surface area contributed by atoms with Crippen LogP contribution in [0.3, 0.4) is 0 Å². The van der Waals surface area contributed by atoms with Crippen molar-refractivity contribution in [2.45, 2.75) is 19.1 Å². The molecule has 8 nitrogen and oxygen atoms in total. The van der Waals surface area contributed by atoms with E-state index in [0.29, 0.717) is 35.0 Å². The lowest BCUT2D eigenvalue weighted by Gasteiger charge is -2.12. The van der Waals surface area contributed by atoms with E-state index in [1.54, 1.807) is 25.1 Å². The molecule has 1 aromatic carbocycles. The summed E-state index contributed by atoms with van der Waals surface area (Å²) in [4.78, 5) is 27.8. The van der Waals surface area contributed by atoms with Crippen LogP contribution in [0.2, 0.25) is 0 Å². The molecule has 1 aromatic heterocycles. The van der Waals surface area contributed by atoms with E-state index in [1.165, 1.54) is 19.3 Å². The van der Waals surface area contributed by atoms with Crippen LogP contribution in [0, 0.1) is 23.4 Å². The summed E-state index contributed by atoms with van der Waals surface area (Å²) in [6.07, 6.45) is 4.47. The van der Waals surface area contributed by atoms with E-state index in [2.05, 4.69) is 27.5 Å². The van der Waals surface area contributed by atoms with E-state index >= 15 is 0 Å². The molecule has 0 unspecified atom stereocenters. The number of anilines is 1. The van der Waals surface area contributed by atoms with E-state index in [9.17, 15) is 22.8 Å². The van der Waals surface area contributed by atoms with Gasteiger partial charge in [-0.2, -0.15) is 0 Å². The molecule has 3 atom stereocenters. The van der Waals surface area contributed by atoms with Crippen LogP contribution in [0.1, 0.15) is 17.4 Å². The average molecular weight is 486 g/mol. The summed E-state index contributed by atoms with van der Waals surface area (Å²) >= 11 is 0. The number of benzene rings is 1. The lowest BCUT2D eigenvalue weighted by molar-refractivity contribution is 0.0957. The first-order valence-corrected chi connectivity index (χ1v) is 10.5. The largest absolute Gasteiger partial charge is 0.487 e. The molecule has 1 saturated carbocycles. The standard InChI is InChI=1S/C24H21F3N4O4/c1-11(34-13-6-7-29-18(8-13)23(32)28-3)4-5-19-12(2)20-21(22(20)35-19)31-24(33)30-17-10-15(26)14(25)9-16(17)27/h4-10,20-22H,2H2,1,3H3,(H,28,32)(H2,30,31,33)/b11-4+,19-5+/t20-,21-,22-/m0/s1. The van der Waals surface area contributed by atoms with Crippen LogP contribution >= 0.6 is 0 Å². The number of ether oxygens (including phenoxy) is 2. The molecule has 1 aliphatic carbocycles. The highest BCUT2D eigenvalue weighted by Gasteiger charge is 2.60. The van der Waals surface area contributed by atoms with Crippen molar-refractivity contribution in [2.24, 2.45) is 5.92 Å². The van der Waals surface area contributed by atoms with Crippen molar-refractivity contribution in [3.05, 3.63) is 89.4 Å². The topological polar surface area (TPSA) is 102 Å². The molecule has 3 amide bonds. The Kier molecular flexibility index (Phi) is 6.50. The fourth-order valence-corrected chi connectivity index (χ4v) is 3.62. The lowest BCUT2D eigenvalue weighted by Crippen LogP contribution is -2.34. The average Bonchev–Trinajstić information content (AvgIpc) is 3.38. The maximum atomic E-state index is 13.7. The first-order valence-electron chi connectivity index (χ1n) is 10.5. The Morgan fingerprint density at radius 3 is 2.60 bits per heavy atom. The number of fused-ring (bicyclic) bond motifs is 1. The van der Waals surface area contributed by atoms with Crippen molar-refractivity contribution in [3.8, 4) is 5.75 Å². The van der Waals surface area contributed by atoms with Crippen molar-refractivity contribution in [1.82, 2.24) is 15.6 Å². The summed E-state index contributed by atoms with van der Waals surface area (Å²) in [5.74, 6) is -2.75. The van der Waals surface area contributed by atoms with Gasteiger partial charge in [-0.1, -0.05) is 6.58 Å². The van der Waals surface area contributed by atoms with Gasteiger partial charge in [0.2, 0.25) is 0 Å². The third kappa shape index (κ3) is 5.13. The van der Waals surface area contributed by atoms with Crippen LogP contribution in [0.25, 0.3) is 0 Å². The second-order valence-corrected chi connectivity index (χ2v) is 7.87. The van der Waals surface area contributed by atoms with Crippen molar-refractivity contribution in [2.75, 3.05) is 12.4 Å².